The van der Waals surface area contributed by atoms with E-state index < -0.39 is 0 Å². The maximum Gasteiger partial charge on any atom is 0.0110 e. The monoisotopic (exact) mass is 987 g/mol. The molecule has 0 aliphatic rings. The van der Waals surface area contributed by atoms with Gasteiger partial charge in [-0.2, -0.15) is 0 Å². The molecule has 0 spiro atoms. The van der Waals surface area contributed by atoms with E-state index in [1.165, 1.54) is 386 Å². The average Bonchev–Trinajstić information content (AvgIpc) is 3.37. The van der Waals surface area contributed by atoms with Crippen LogP contribution in [0.15, 0.2) is 0 Å². The Morgan fingerprint density at radius 1 is 0.157 bits per heavy atom. The largest absolute Gasteiger partial charge is 0.315 e. The van der Waals surface area contributed by atoms with Crippen LogP contribution in [0.2, 0.25) is 0 Å². The lowest BCUT2D eigenvalue weighted by Crippen LogP contribution is -2.43. The van der Waals surface area contributed by atoms with Crippen LogP contribution in [0.25, 0.3) is 0 Å². The van der Waals surface area contributed by atoms with Gasteiger partial charge in [-0.05, 0) is 64.8 Å². The fourth-order valence-corrected chi connectivity index (χ4v) is 11.0. The highest BCUT2D eigenvalue weighted by molar-refractivity contribution is 4.70. The molecule has 0 aromatic rings. The summed E-state index contributed by atoms with van der Waals surface area (Å²) >= 11 is 0. The number of rotatable bonds is 64. The molecule has 0 fully saturated rings. The molecule has 0 bridgehead atoms. The SMILES string of the molecule is CCCCCCCCCCCCNCCN(CCN(CCCCCCCCCCCC)CCCCCCCCCCCC)CCN(CCCCCCCCCCCC)CCCCCCCCCCCC. The number of nitrogens with zero attached hydrogens (tertiary/aromatic N) is 3. The second-order valence-corrected chi connectivity index (χ2v) is 23.2. The Morgan fingerprint density at radius 3 is 0.543 bits per heavy atom. The fraction of sp³-hybridized carbons (Fsp3) is 1.00. The zero-order valence-corrected chi connectivity index (χ0v) is 50.0. The Hall–Kier alpha value is -0.160. The molecular formula is C66H138N4. The summed E-state index contributed by atoms with van der Waals surface area (Å²) in [5, 5.41) is 3.94. The molecule has 0 saturated heterocycles. The molecule has 0 aliphatic heterocycles. The molecule has 0 aromatic heterocycles. The van der Waals surface area contributed by atoms with Crippen LogP contribution in [-0.4, -0.2) is 86.7 Å². The molecule has 4 heteroatoms. The second kappa shape index (κ2) is 63.1. The molecule has 0 unspecified atom stereocenters. The van der Waals surface area contributed by atoms with Gasteiger partial charge in [-0.15, -0.1) is 0 Å². The van der Waals surface area contributed by atoms with Gasteiger partial charge < -0.3 is 15.1 Å². The number of hydrogen-bond donors (Lipinski definition) is 1. The number of unbranched alkanes of at least 4 members (excludes halogenated alkanes) is 45. The van der Waals surface area contributed by atoms with Crippen LogP contribution in [-0.2, 0) is 0 Å². The van der Waals surface area contributed by atoms with Crippen molar-refractivity contribution in [3.8, 4) is 0 Å². The quantitative estimate of drug-likeness (QED) is 0.0613. The van der Waals surface area contributed by atoms with Crippen molar-refractivity contribution in [1.29, 1.82) is 0 Å². The lowest BCUT2D eigenvalue weighted by molar-refractivity contribution is 0.170. The number of nitrogens with one attached hydrogen (secondary N) is 1. The molecule has 70 heavy (non-hydrogen) atoms. The highest BCUT2D eigenvalue weighted by Crippen LogP contribution is 2.16. The molecule has 4 nitrogen and oxygen atoms in total. The topological polar surface area (TPSA) is 21.8 Å². The van der Waals surface area contributed by atoms with Crippen molar-refractivity contribution >= 4 is 0 Å². The van der Waals surface area contributed by atoms with E-state index in [-0.39, 0.29) is 0 Å². The molecule has 0 aliphatic carbocycles. The van der Waals surface area contributed by atoms with Gasteiger partial charge in [0.2, 0.25) is 0 Å². The molecule has 0 aromatic carbocycles. The maximum atomic E-state index is 3.94. The van der Waals surface area contributed by atoms with Gasteiger partial charge >= 0.3 is 0 Å². The van der Waals surface area contributed by atoms with E-state index in [0.717, 1.165) is 6.54 Å². The summed E-state index contributed by atoms with van der Waals surface area (Å²) in [5.41, 5.74) is 0. The first-order chi connectivity index (χ1) is 34.7. The maximum absolute atomic E-state index is 3.94. The van der Waals surface area contributed by atoms with Crippen LogP contribution >= 0.6 is 0 Å². The van der Waals surface area contributed by atoms with Crippen molar-refractivity contribution in [2.24, 2.45) is 0 Å². The Labute approximate surface area is 445 Å². The first-order valence-electron chi connectivity index (χ1n) is 33.6. The zero-order chi connectivity index (χ0) is 50.6. The summed E-state index contributed by atoms with van der Waals surface area (Å²) in [6.07, 6.45) is 71.7. The molecule has 422 valence electrons. The van der Waals surface area contributed by atoms with Crippen molar-refractivity contribution in [1.82, 2.24) is 20.0 Å². The summed E-state index contributed by atoms with van der Waals surface area (Å²) in [7, 11) is 0. The normalized spacial score (nSPS) is 12.0. The summed E-state index contributed by atoms with van der Waals surface area (Å²) in [6, 6.07) is 0. The minimum absolute atomic E-state index is 1.16. The van der Waals surface area contributed by atoms with E-state index >= 15 is 0 Å². The molecule has 0 saturated carbocycles. The van der Waals surface area contributed by atoms with Gasteiger partial charge in [0.25, 0.3) is 0 Å². The van der Waals surface area contributed by atoms with E-state index in [1.54, 1.807) is 0 Å². The Morgan fingerprint density at radius 2 is 0.329 bits per heavy atom. The van der Waals surface area contributed by atoms with Gasteiger partial charge in [0.05, 0.1) is 0 Å². The first kappa shape index (κ1) is 69.8. The van der Waals surface area contributed by atoms with Gasteiger partial charge in [-0.1, -0.05) is 324 Å². The van der Waals surface area contributed by atoms with Crippen molar-refractivity contribution in [2.45, 2.75) is 356 Å². The summed E-state index contributed by atoms with van der Waals surface area (Å²) in [5.74, 6) is 0. The summed E-state index contributed by atoms with van der Waals surface area (Å²) < 4.78 is 0. The average molecular weight is 988 g/mol. The van der Waals surface area contributed by atoms with Crippen LogP contribution in [0.5, 0.6) is 0 Å². The van der Waals surface area contributed by atoms with Crippen LogP contribution in [0.3, 0.4) is 0 Å². The molecular weight excluding hydrogens is 849 g/mol. The summed E-state index contributed by atoms with van der Waals surface area (Å²) in [4.78, 5) is 8.75. The molecule has 0 rings (SSSR count). The van der Waals surface area contributed by atoms with Crippen LogP contribution < -0.4 is 5.32 Å². The van der Waals surface area contributed by atoms with Crippen molar-refractivity contribution in [3.05, 3.63) is 0 Å². The standard InChI is InChI=1S/C66H138N4/c1-6-11-16-21-26-31-36-41-46-51-56-67-57-62-70(65-63-68(58-52-47-42-37-32-27-22-17-12-7-2)59-53-48-43-38-33-28-23-18-13-8-3)66-64-69(60-54-49-44-39-34-29-24-19-14-9-4)61-55-50-45-40-35-30-25-20-15-10-5/h67H,6-66H2,1-5H3. The van der Waals surface area contributed by atoms with E-state index in [0.29, 0.717) is 0 Å². The fourth-order valence-electron chi connectivity index (χ4n) is 11.0. The van der Waals surface area contributed by atoms with Crippen molar-refractivity contribution in [2.75, 3.05) is 72.0 Å². The third kappa shape index (κ3) is 57.1. The molecule has 0 amide bonds. The lowest BCUT2D eigenvalue weighted by atomic mass is 10.1. The van der Waals surface area contributed by atoms with Gasteiger partial charge in [0.1, 0.15) is 0 Å². The van der Waals surface area contributed by atoms with Gasteiger partial charge in [-0.25, -0.2) is 0 Å². The molecule has 0 radical (unpaired) electrons. The molecule has 0 atom stereocenters. The van der Waals surface area contributed by atoms with Gasteiger partial charge in [-0.3, -0.25) is 4.90 Å². The van der Waals surface area contributed by atoms with Crippen LogP contribution in [0.4, 0.5) is 0 Å². The second-order valence-electron chi connectivity index (χ2n) is 23.2. The Kier molecular flexibility index (Phi) is 63.0. The minimum atomic E-state index is 1.16. The number of hydrogen-bond acceptors (Lipinski definition) is 4. The Balaban J connectivity index is 5.43. The van der Waals surface area contributed by atoms with Gasteiger partial charge in [0.15, 0.2) is 0 Å². The van der Waals surface area contributed by atoms with Crippen LogP contribution in [0, 0.1) is 0 Å². The predicted molar refractivity (Wildman–Crippen MR) is 321 cm³/mol. The zero-order valence-electron chi connectivity index (χ0n) is 50.0. The highest BCUT2D eigenvalue weighted by atomic mass is 15.2. The third-order valence-electron chi connectivity index (χ3n) is 16.1. The van der Waals surface area contributed by atoms with Gasteiger partial charge in [0, 0.05) is 39.3 Å². The third-order valence-corrected chi connectivity index (χ3v) is 16.1. The Bertz CT molecular complexity index is 791. The highest BCUT2D eigenvalue weighted by Gasteiger charge is 2.13. The molecule has 0 heterocycles. The van der Waals surface area contributed by atoms with E-state index in [4.69, 9.17) is 0 Å². The van der Waals surface area contributed by atoms with E-state index in [9.17, 15) is 0 Å². The minimum Gasteiger partial charge on any atom is -0.315 e. The molecule has 1 N–H and O–H groups in total. The summed E-state index contributed by atoms with van der Waals surface area (Å²) in [6.45, 7) is 25.6. The lowest BCUT2D eigenvalue weighted by Gasteiger charge is -2.30. The van der Waals surface area contributed by atoms with Crippen molar-refractivity contribution in [3.63, 3.8) is 0 Å². The predicted octanol–water partition coefficient (Wildman–Crippen LogP) is 21.1. The van der Waals surface area contributed by atoms with Crippen molar-refractivity contribution < 1.29 is 0 Å². The van der Waals surface area contributed by atoms with E-state index in [1.807, 2.05) is 0 Å². The van der Waals surface area contributed by atoms with E-state index in [2.05, 4.69) is 54.6 Å². The smallest absolute Gasteiger partial charge is 0.0110 e. The van der Waals surface area contributed by atoms with Crippen LogP contribution in [0.1, 0.15) is 356 Å². The first-order valence-corrected chi connectivity index (χ1v) is 33.6.